The van der Waals surface area contributed by atoms with Crippen molar-refractivity contribution in [3.8, 4) is 0 Å². The van der Waals surface area contributed by atoms with Crippen molar-refractivity contribution in [1.29, 1.82) is 0 Å². The molecule has 2 rings (SSSR count). The van der Waals surface area contributed by atoms with Crippen LogP contribution in [0.4, 0.5) is 5.69 Å². The molecule has 1 fully saturated rings. The van der Waals surface area contributed by atoms with Gasteiger partial charge in [-0.2, -0.15) is 0 Å². The van der Waals surface area contributed by atoms with Gasteiger partial charge in [0.25, 0.3) is 0 Å². The highest BCUT2D eigenvalue weighted by Crippen LogP contribution is 2.16. The maximum absolute atomic E-state index is 12.4. The first-order valence-electron chi connectivity index (χ1n) is 7.92. The molecule has 1 amide bonds. The Labute approximate surface area is 152 Å². The number of nitrogens with zero attached hydrogens (tertiary/aromatic N) is 2. The van der Waals surface area contributed by atoms with Crippen molar-refractivity contribution in [2.24, 2.45) is 11.7 Å². The highest BCUT2D eigenvalue weighted by Gasteiger charge is 2.24. The van der Waals surface area contributed by atoms with Crippen molar-refractivity contribution in [2.75, 3.05) is 31.1 Å². The summed E-state index contributed by atoms with van der Waals surface area (Å²) in [6.45, 7) is 7.66. The topological polar surface area (TPSA) is 49.6 Å². The smallest absolute Gasteiger partial charge is 0.239 e. The van der Waals surface area contributed by atoms with E-state index >= 15 is 0 Å². The minimum absolute atomic E-state index is 0. The second-order valence-electron chi connectivity index (χ2n) is 6.24. The van der Waals surface area contributed by atoms with Crippen molar-refractivity contribution in [1.82, 2.24) is 4.90 Å². The summed E-state index contributed by atoms with van der Waals surface area (Å²) in [6.07, 6.45) is 1.76. The summed E-state index contributed by atoms with van der Waals surface area (Å²) in [5.74, 6) is 0.565. The molecule has 1 aliphatic rings. The van der Waals surface area contributed by atoms with E-state index in [1.165, 1.54) is 5.69 Å². The van der Waals surface area contributed by atoms with E-state index in [1.807, 2.05) is 11.0 Å². The lowest BCUT2D eigenvalue weighted by Gasteiger charge is -2.26. The zero-order valence-corrected chi connectivity index (χ0v) is 15.6. The number of hydrogen-bond acceptors (Lipinski definition) is 3. The van der Waals surface area contributed by atoms with E-state index < -0.39 is 0 Å². The first kappa shape index (κ1) is 22.0. The number of rotatable bonds is 4. The van der Waals surface area contributed by atoms with Crippen LogP contribution < -0.4 is 10.6 Å². The minimum Gasteiger partial charge on any atom is -0.370 e. The molecule has 0 aromatic heterocycles. The van der Waals surface area contributed by atoms with E-state index in [-0.39, 0.29) is 36.8 Å². The monoisotopic (exact) mass is 361 g/mol. The van der Waals surface area contributed by atoms with Crippen LogP contribution in [0.1, 0.15) is 26.7 Å². The first-order valence-corrected chi connectivity index (χ1v) is 7.92. The summed E-state index contributed by atoms with van der Waals surface area (Å²) < 4.78 is 0. The molecule has 1 saturated heterocycles. The van der Waals surface area contributed by atoms with Gasteiger partial charge in [-0.05, 0) is 30.9 Å². The molecule has 0 spiro atoms. The molecule has 0 radical (unpaired) electrons. The van der Waals surface area contributed by atoms with Crippen molar-refractivity contribution < 1.29 is 4.79 Å². The molecule has 1 aromatic carbocycles. The molecule has 4 nitrogen and oxygen atoms in total. The van der Waals surface area contributed by atoms with Gasteiger partial charge in [0, 0.05) is 31.9 Å². The highest BCUT2D eigenvalue weighted by atomic mass is 35.5. The van der Waals surface area contributed by atoms with E-state index in [9.17, 15) is 4.79 Å². The number of hydrogen-bond donors (Lipinski definition) is 1. The van der Waals surface area contributed by atoms with Crippen molar-refractivity contribution in [2.45, 2.75) is 32.7 Å². The van der Waals surface area contributed by atoms with Crippen molar-refractivity contribution >= 4 is 36.4 Å². The Hall–Kier alpha value is -0.970. The molecular formula is C17H29Cl2N3O. The van der Waals surface area contributed by atoms with Crippen LogP contribution in [0.25, 0.3) is 0 Å². The second-order valence-corrected chi connectivity index (χ2v) is 6.24. The lowest BCUT2D eigenvalue weighted by molar-refractivity contribution is -0.132. The fraction of sp³-hybridized carbons (Fsp3) is 0.588. The number of amides is 1. The van der Waals surface area contributed by atoms with Crippen molar-refractivity contribution in [3.05, 3.63) is 30.3 Å². The van der Waals surface area contributed by atoms with Crippen molar-refractivity contribution in [3.63, 3.8) is 0 Å². The number of halogens is 2. The maximum atomic E-state index is 12.4. The molecule has 1 aromatic rings. The zero-order chi connectivity index (χ0) is 15.2. The van der Waals surface area contributed by atoms with Crippen LogP contribution in [0.5, 0.6) is 0 Å². The van der Waals surface area contributed by atoms with E-state index in [0.717, 1.165) is 39.0 Å². The summed E-state index contributed by atoms with van der Waals surface area (Å²) >= 11 is 0. The normalized spacial score (nSPS) is 16.2. The molecule has 6 heteroatoms. The number of para-hydroxylation sites is 1. The summed E-state index contributed by atoms with van der Waals surface area (Å²) in [4.78, 5) is 16.7. The molecule has 2 N–H and O–H groups in total. The fourth-order valence-electron chi connectivity index (χ4n) is 2.88. The van der Waals surface area contributed by atoms with Crippen LogP contribution in [0.3, 0.4) is 0 Å². The Morgan fingerprint density at radius 1 is 1.09 bits per heavy atom. The van der Waals surface area contributed by atoms with Gasteiger partial charge >= 0.3 is 0 Å². The Morgan fingerprint density at radius 2 is 1.74 bits per heavy atom. The minimum atomic E-state index is -0.353. The van der Waals surface area contributed by atoms with Crippen LogP contribution >= 0.6 is 24.8 Å². The molecular weight excluding hydrogens is 333 g/mol. The van der Waals surface area contributed by atoms with E-state index in [4.69, 9.17) is 5.73 Å². The van der Waals surface area contributed by atoms with Gasteiger partial charge in [-0.1, -0.05) is 32.0 Å². The maximum Gasteiger partial charge on any atom is 0.239 e. The second kappa shape index (κ2) is 10.7. The van der Waals surface area contributed by atoms with Gasteiger partial charge in [0.15, 0.2) is 0 Å². The largest absolute Gasteiger partial charge is 0.370 e. The lowest BCUT2D eigenvalue weighted by Crippen LogP contribution is -2.45. The molecule has 132 valence electrons. The van der Waals surface area contributed by atoms with Crippen LogP contribution in [-0.4, -0.2) is 43.0 Å². The predicted molar refractivity (Wildman–Crippen MR) is 102 cm³/mol. The number of carbonyl (C=O) groups excluding carboxylic acids is 1. The van der Waals surface area contributed by atoms with Gasteiger partial charge in [0.2, 0.25) is 5.91 Å². The van der Waals surface area contributed by atoms with E-state index in [1.54, 1.807) is 0 Å². The zero-order valence-electron chi connectivity index (χ0n) is 14.0. The molecule has 1 aliphatic heterocycles. The Bertz CT molecular complexity index is 456. The predicted octanol–water partition coefficient (Wildman–Crippen LogP) is 2.94. The van der Waals surface area contributed by atoms with Gasteiger partial charge in [-0.3, -0.25) is 4.79 Å². The number of carbonyl (C=O) groups is 1. The first-order chi connectivity index (χ1) is 10.1. The van der Waals surface area contributed by atoms with Crippen LogP contribution in [0, 0.1) is 5.92 Å². The standard InChI is InChI=1S/C17H27N3O.2ClH/c1-14(2)13-16(18)17(21)20-10-6-9-19(11-12-20)15-7-4-3-5-8-15;;/h3-5,7-8,14,16H,6,9-13,18H2,1-2H3;2*1H/t16-;;/m0../s1. The summed E-state index contributed by atoms with van der Waals surface area (Å²) in [6, 6.07) is 10.0. The third-order valence-corrected chi connectivity index (χ3v) is 3.97. The van der Waals surface area contributed by atoms with Gasteiger partial charge in [0.1, 0.15) is 0 Å². The Kier molecular flexibility index (Phi) is 10.3. The summed E-state index contributed by atoms with van der Waals surface area (Å²) in [5, 5.41) is 0. The van der Waals surface area contributed by atoms with Gasteiger partial charge in [0.05, 0.1) is 6.04 Å². The molecule has 23 heavy (non-hydrogen) atoms. The lowest BCUT2D eigenvalue weighted by atomic mass is 10.0. The SMILES string of the molecule is CC(C)C[C@H](N)C(=O)N1CCCN(c2ccccc2)CC1.Cl.Cl. The number of nitrogens with two attached hydrogens (primary N) is 1. The molecule has 0 saturated carbocycles. The average Bonchev–Trinajstić information content (AvgIpc) is 2.72. The molecule has 0 aliphatic carbocycles. The quantitative estimate of drug-likeness (QED) is 0.896. The molecule has 0 unspecified atom stereocenters. The van der Waals surface area contributed by atoms with E-state index in [2.05, 4.69) is 43.0 Å². The van der Waals surface area contributed by atoms with Crippen LogP contribution in [0.15, 0.2) is 30.3 Å². The molecule has 1 atom stereocenters. The highest BCUT2D eigenvalue weighted by molar-refractivity contribution is 5.85. The van der Waals surface area contributed by atoms with Gasteiger partial charge in [-0.15, -0.1) is 24.8 Å². The third-order valence-electron chi connectivity index (χ3n) is 3.97. The summed E-state index contributed by atoms with van der Waals surface area (Å²) in [7, 11) is 0. The number of anilines is 1. The van der Waals surface area contributed by atoms with Gasteiger partial charge in [-0.25, -0.2) is 0 Å². The van der Waals surface area contributed by atoms with Crippen LogP contribution in [-0.2, 0) is 4.79 Å². The average molecular weight is 362 g/mol. The number of benzene rings is 1. The van der Waals surface area contributed by atoms with Crippen LogP contribution in [0.2, 0.25) is 0 Å². The van der Waals surface area contributed by atoms with Gasteiger partial charge < -0.3 is 15.5 Å². The van der Waals surface area contributed by atoms with E-state index in [0.29, 0.717) is 5.92 Å². The Morgan fingerprint density at radius 3 is 2.35 bits per heavy atom. The molecule has 1 heterocycles. The fourth-order valence-corrected chi connectivity index (χ4v) is 2.88. The Balaban J connectivity index is 0.00000242. The third kappa shape index (κ3) is 6.58. The summed E-state index contributed by atoms with van der Waals surface area (Å²) in [5.41, 5.74) is 7.28. The molecule has 0 bridgehead atoms.